The van der Waals surface area contributed by atoms with Gasteiger partial charge in [0.25, 0.3) is 0 Å². The molecule has 29 heavy (non-hydrogen) atoms. The van der Waals surface area contributed by atoms with E-state index in [-0.39, 0.29) is 11.7 Å². The Labute approximate surface area is 172 Å². The van der Waals surface area contributed by atoms with E-state index >= 15 is 0 Å². The summed E-state index contributed by atoms with van der Waals surface area (Å²) in [5, 5.41) is 2.94. The number of piperazine rings is 1. The molecule has 0 spiro atoms. The molecule has 6 nitrogen and oxygen atoms in total. The van der Waals surface area contributed by atoms with E-state index in [4.69, 9.17) is 4.74 Å². The number of carbonyl (C=O) groups excluding carboxylic acids is 2. The Morgan fingerprint density at radius 3 is 2.24 bits per heavy atom. The van der Waals surface area contributed by atoms with E-state index in [1.165, 1.54) is 12.6 Å². The van der Waals surface area contributed by atoms with Gasteiger partial charge in [0.1, 0.15) is 5.75 Å². The molecular weight excluding hydrogens is 366 g/mol. The number of rotatable bonds is 8. The first-order valence-corrected chi connectivity index (χ1v) is 10.1. The van der Waals surface area contributed by atoms with E-state index in [1.807, 2.05) is 12.1 Å². The third kappa shape index (κ3) is 6.32. The summed E-state index contributed by atoms with van der Waals surface area (Å²) in [5.74, 6) is 0.715. The predicted octanol–water partition coefficient (Wildman–Crippen LogP) is 3.44. The highest BCUT2D eigenvalue weighted by Crippen LogP contribution is 2.19. The van der Waals surface area contributed by atoms with E-state index < -0.39 is 0 Å². The summed E-state index contributed by atoms with van der Waals surface area (Å²) in [7, 11) is 2.14. The lowest BCUT2D eigenvalue weighted by atomic mass is 10.1. The fourth-order valence-electron chi connectivity index (χ4n) is 3.25. The molecule has 0 saturated carbocycles. The Bertz CT molecular complexity index is 810. The number of benzene rings is 2. The zero-order chi connectivity index (χ0) is 20.6. The smallest absolute Gasteiger partial charge is 0.224 e. The van der Waals surface area contributed by atoms with Gasteiger partial charge in [-0.25, -0.2) is 0 Å². The van der Waals surface area contributed by atoms with Crippen molar-refractivity contribution < 1.29 is 14.3 Å². The molecule has 0 aromatic heterocycles. The summed E-state index contributed by atoms with van der Waals surface area (Å²) < 4.78 is 5.63. The van der Waals surface area contributed by atoms with Gasteiger partial charge in [0.15, 0.2) is 5.78 Å². The lowest BCUT2D eigenvalue weighted by Gasteiger charge is -2.34. The maximum Gasteiger partial charge on any atom is 0.224 e. The highest BCUT2D eigenvalue weighted by molar-refractivity contribution is 5.94. The largest absolute Gasteiger partial charge is 0.494 e. The van der Waals surface area contributed by atoms with Crippen LogP contribution >= 0.6 is 0 Å². The fourth-order valence-corrected chi connectivity index (χ4v) is 3.25. The monoisotopic (exact) mass is 395 g/mol. The molecule has 1 saturated heterocycles. The molecule has 0 atom stereocenters. The number of hydrogen-bond donors (Lipinski definition) is 1. The number of hydrogen-bond acceptors (Lipinski definition) is 5. The van der Waals surface area contributed by atoms with E-state index in [2.05, 4.69) is 34.3 Å². The summed E-state index contributed by atoms with van der Waals surface area (Å²) >= 11 is 0. The Hall–Kier alpha value is -2.86. The number of Topliss-reactive ketones (excluding diaryl/α,β-unsaturated/α-hetero) is 1. The van der Waals surface area contributed by atoms with Crippen molar-refractivity contribution in [2.24, 2.45) is 0 Å². The Morgan fingerprint density at radius 2 is 1.62 bits per heavy atom. The van der Waals surface area contributed by atoms with Crippen molar-refractivity contribution in [2.75, 3.05) is 50.1 Å². The number of ketones is 1. The van der Waals surface area contributed by atoms with Crippen LogP contribution in [0.3, 0.4) is 0 Å². The fraction of sp³-hybridized carbons (Fsp3) is 0.391. The second kappa shape index (κ2) is 10.1. The van der Waals surface area contributed by atoms with Crippen LogP contribution in [0.1, 0.15) is 30.1 Å². The van der Waals surface area contributed by atoms with E-state index in [0.717, 1.165) is 31.9 Å². The molecule has 1 fully saturated rings. The van der Waals surface area contributed by atoms with Crippen LogP contribution in [0.5, 0.6) is 5.75 Å². The maximum atomic E-state index is 12.1. The number of carbonyl (C=O) groups is 2. The molecule has 2 aromatic carbocycles. The molecule has 1 amide bonds. The Balaban J connectivity index is 1.37. The molecule has 1 aliphatic rings. The van der Waals surface area contributed by atoms with Gasteiger partial charge < -0.3 is 19.9 Å². The summed E-state index contributed by atoms with van der Waals surface area (Å²) in [6.45, 7) is 6.19. The summed E-state index contributed by atoms with van der Waals surface area (Å²) in [5.41, 5.74) is 2.67. The van der Waals surface area contributed by atoms with Crippen LogP contribution < -0.4 is 15.0 Å². The van der Waals surface area contributed by atoms with E-state index in [1.54, 1.807) is 24.3 Å². The van der Waals surface area contributed by atoms with Gasteiger partial charge in [0.05, 0.1) is 6.61 Å². The molecule has 1 aliphatic heterocycles. The van der Waals surface area contributed by atoms with E-state index in [9.17, 15) is 9.59 Å². The summed E-state index contributed by atoms with van der Waals surface area (Å²) in [6.07, 6.45) is 1.02. The van der Waals surface area contributed by atoms with Crippen LogP contribution in [-0.2, 0) is 4.79 Å². The number of amides is 1. The van der Waals surface area contributed by atoms with Crippen LogP contribution in [0.15, 0.2) is 48.5 Å². The van der Waals surface area contributed by atoms with Gasteiger partial charge in [0, 0.05) is 49.5 Å². The minimum atomic E-state index is -0.0205. The topological polar surface area (TPSA) is 61.9 Å². The average molecular weight is 396 g/mol. The first-order valence-electron chi connectivity index (χ1n) is 10.1. The molecule has 1 heterocycles. The van der Waals surface area contributed by atoms with E-state index in [0.29, 0.717) is 30.8 Å². The number of nitrogens with one attached hydrogen (secondary N) is 1. The third-order valence-corrected chi connectivity index (χ3v) is 5.10. The maximum absolute atomic E-state index is 12.1. The highest BCUT2D eigenvalue weighted by atomic mass is 16.5. The quantitative estimate of drug-likeness (QED) is 0.548. The second-order valence-corrected chi connectivity index (χ2v) is 7.42. The zero-order valence-electron chi connectivity index (χ0n) is 17.2. The van der Waals surface area contributed by atoms with Gasteiger partial charge in [-0.05, 0) is 68.9 Å². The molecule has 6 heteroatoms. The molecule has 0 bridgehead atoms. The average Bonchev–Trinajstić information content (AvgIpc) is 2.73. The van der Waals surface area contributed by atoms with Crippen LogP contribution in [0, 0.1) is 0 Å². The molecule has 0 unspecified atom stereocenters. The summed E-state index contributed by atoms with van der Waals surface area (Å²) in [4.78, 5) is 28.1. The molecule has 3 rings (SSSR count). The Kier molecular flexibility index (Phi) is 7.25. The number of likely N-dealkylation sites (N-methyl/N-ethyl adjacent to an activating group) is 1. The zero-order valence-corrected chi connectivity index (χ0v) is 17.2. The van der Waals surface area contributed by atoms with Gasteiger partial charge in [-0.3, -0.25) is 9.59 Å². The minimum Gasteiger partial charge on any atom is -0.494 e. The molecule has 1 N–H and O–H groups in total. The Morgan fingerprint density at radius 1 is 0.966 bits per heavy atom. The first-order chi connectivity index (χ1) is 14.0. The van der Waals surface area contributed by atoms with Crippen molar-refractivity contribution in [2.45, 2.75) is 19.8 Å². The van der Waals surface area contributed by atoms with Crippen molar-refractivity contribution >= 4 is 23.1 Å². The number of ether oxygens (including phenoxy) is 1. The summed E-state index contributed by atoms with van der Waals surface area (Å²) in [6, 6.07) is 15.1. The van der Waals surface area contributed by atoms with Crippen molar-refractivity contribution in [3.63, 3.8) is 0 Å². The molecule has 0 radical (unpaired) electrons. The van der Waals surface area contributed by atoms with Crippen molar-refractivity contribution in [1.29, 1.82) is 0 Å². The molecule has 0 aliphatic carbocycles. The molecular formula is C23H29N3O3. The van der Waals surface area contributed by atoms with Gasteiger partial charge in [-0.1, -0.05) is 0 Å². The van der Waals surface area contributed by atoms with Crippen LogP contribution in [0.25, 0.3) is 0 Å². The van der Waals surface area contributed by atoms with Gasteiger partial charge in [-0.15, -0.1) is 0 Å². The molecule has 154 valence electrons. The number of anilines is 2. The SMILES string of the molecule is CC(=O)c1ccc(OCCCC(=O)Nc2ccc(N3CCN(C)CC3)cc2)cc1. The minimum absolute atomic E-state index is 0.0205. The first kappa shape index (κ1) is 20.9. The third-order valence-electron chi connectivity index (χ3n) is 5.10. The normalized spacial score (nSPS) is 14.5. The number of nitrogens with zero attached hydrogens (tertiary/aromatic N) is 2. The standard InChI is InChI=1S/C23H29N3O3/c1-18(27)19-5-11-22(12-6-19)29-17-3-4-23(28)24-20-7-9-21(10-8-20)26-15-13-25(2)14-16-26/h5-12H,3-4,13-17H2,1-2H3,(H,24,28). The lowest BCUT2D eigenvalue weighted by Crippen LogP contribution is -2.44. The second-order valence-electron chi connectivity index (χ2n) is 7.42. The van der Waals surface area contributed by atoms with Crippen LogP contribution in [0.4, 0.5) is 11.4 Å². The van der Waals surface area contributed by atoms with Crippen LogP contribution in [-0.4, -0.2) is 56.4 Å². The molecule has 2 aromatic rings. The lowest BCUT2D eigenvalue weighted by molar-refractivity contribution is -0.116. The van der Waals surface area contributed by atoms with Crippen molar-refractivity contribution in [3.05, 3.63) is 54.1 Å². The van der Waals surface area contributed by atoms with Gasteiger partial charge in [-0.2, -0.15) is 0 Å². The van der Waals surface area contributed by atoms with Crippen molar-refractivity contribution in [3.8, 4) is 5.75 Å². The van der Waals surface area contributed by atoms with Crippen LogP contribution in [0.2, 0.25) is 0 Å². The highest BCUT2D eigenvalue weighted by Gasteiger charge is 2.14. The van der Waals surface area contributed by atoms with Crippen molar-refractivity contribution in [1.82, 2.24) is 4.90 Å². The predicted molar refractivity (Wildman–Crippen MR) is 116 cm³/mol. The van der Waals surface area contributed by atoms with Gasteiger partial charge in [0.2, 0.25) is 5.91 Å². The van der Waals surface area contributed by atoms with Gasteiger partial charge >= 0.3 is 0 Å².